The van der Waals surface area contributed by atoms with Crippen LogP contribution in [0.1, 0.15) is 12.8 Å². The molecule has 126 valence electrons. The molecule has 2 aromatic rings. The smallest absolute Gasteiger partial charge is 0.407 e. The highest BCUT2D eigenvalue weighted by atomic mass is 16.5. The number of aliphatic hydroxyl groups excluding tert-OH is 2. The number of nitrogens with one attached hydrogen (secondary N) is 1. The van der Waals surface area contributed by atoms with Crippen LogP contribution in [0.25, 0.3) is 11.2 Å². The molecule has 0 fully saturated rings. The predicted octanol–water partition coefficient (Wildman–Crippen LogP) is -0.732. The van der Waals surface area contributed by atoms with E-state index in [2.05, 4.69) is 20.3 Å². The molecule has 0 aliphatic heterocycles. The molecule has 2 rings (SSSR count). The quantitative estimate of drug-likeness (QED) is 0.464. The lowest BCUT2D eigenvalue weighted by atomic mass is 10.3. The molecular formula is C13H20N6O4. The summed E-state index contributed by atoms with van der Waals surface area (Å²) < 4.78 is 6.82. The SMILES string of the molecule is Nc1ncnc2c1ncn2CCCCOC(=O)NC[C@H](O)CO. The van der Waals surface area contributed by atoms with E-state index in [0.29, 0.717) is 29.9 Å². The second-order valence-corrected chi connectivity index (χ2v) is 4.93. The number of carbonyl (C=O) groups excluding carboxylic acids is 1. The van der Waals surface area contributed by atoms with Gasteiger partial charge >= 0.3 is 6.09 Å². The molecule has 0 spiro atoms. The average Bonchev–Trinajstić information content (AvgIpc) is 2.97. The number of aryl methyl sites for hydroxylation is 1. The second kappa shape index (κ2) is 8.25. The van der Waals surface area contributed by atoms with E-state index < -0.39 is 18.8 Å². The number of hydrogen-bond donors (Lipinski definition) is 4. The number of anilines is 1. The summed E-state index contributed by atoms with van der Waals surface area (Å²) in [7, 11) is 0. The average molecular weight is 324 g/mol. The molecular weight excluding hydrogens is 304 g/mol. The molecule has 1 atom stereocenters. The van der Waals surface area contributed by atoms with Crippen LogP contribution in [0.2, 0.25) is 0 Å². The van der Waals surface area contributed by atoms with Gasteiger partial charge in [-0.1, -0.05) is 0 Å². The lowest BCUT2D eigenvalue weighted by Crippen LogP contribution is -2.34. The van der Waals surface area contributed by atoms with Gasteiger partial charge in [0.1, 0.15) is 11.8 Å². The van der Waals surface area contributed by atoms with E-state index in [0.717, 1.165) is 6.42 Å². The van der Waals surface area contributed by atoms with Crippen molar-refractivity contribution in [1.82, 2.24) is 24.8 Å². The van der Waals surface area contributed by atoms with Crippen LogP contribution in [0, 0.1) is 0 Å². The van der Waals surface area contributed by atoms with Gasteiger partial charge in [-0.2, -0.15) is 0 Å². The third-order valence-corrected chi connectivity index (χ3v) is 3.15. The molecule has 10 heteroatoms. The highest BCUT2D eigenvalue weighted by Crippen LogP contribution is 2.14. The number of nitrogens with two attached hydrogens (primary N) is 1. The number of fused-ring (bicyclic) bond motifs is 1. The number of amides is 1. The largest absolute Gasteiger partial charge is 0.450 e. The lowest BCUT2D eigenvalue weighted by molar-refractivity contribution is 0.0883. The molecule has 0 aliphatic carbocycles. The fourth-order valence-corrected chi connectivity index (χ4v) is 1.93. The Labute approximate surface area is 132 Å². The number of nitrogens with zero attached hydrogens (tertiary/aromatic N) is 4. The fourth-order valence-electron chi connectivity index (χ4n) is 1.93. The van der Waals surface area contributed by atoms with Crippen molar-refractivity contribution in [3.05, 3.63) is 12.7 Å². The molecule has 0 saturated heterocycles. The van der Waals surface area contributed by atoms with Gasteiger partial charge in [0.05, 0.1) is 25.6 Å². The summed E-state index contributed by atoms with van der Waals surface area (Å²) in [5.41, 5.74) is 6.96. The number of ether oxygens (including phenoxy) is 1. The number of aliphatic hydroxyl groups is 2. The van der Waals surface area contributed by atoms with Gasteiger partial charge in [-0.3, -0.25) is 0 Å². The zero-order chi connectivity index (χ0) is 16.7. The zero-order valence-corrected chi connectivity index (χ0v) is 12.6. The van der Waals surface area contributed by atoms with Crippen LogP contribution in [-0.4, -0.2) is 61.7 Å². The third-order valence-electron chi connectivity index (χ3n) is 3.15. The van der Waals surface area contributed by atoms with Crippen molar-refractivity contribution in [1.29, 1.82) is 0 Å². The molecule has 0 saturated carbocycles. The molecule has 5 N–H and O–H groups in total. The van der Waals surface area contributed by atoms with Crippen LogP contribution in [0.15, 0.2) is 12.7 Å². The summed E-state index contributed by atoms with van der Waals surface area (Å²) >= 11 is 0. The van der Waals surface area contributed by atoms with Gasteiger partial charge in [0.2, 0.25) is 0 Å². The Hall–Kier alpha value is -2.46. The van der Waals surface area contributed by atoms with Gasteiger partial charge in [-0.25, -0.2) is 19.7 Å². The summed E-state index contributed by atoms with van der Waals surface area (Å²) in [6.07, 6.45) is 2.87. The first-order valence-electron chi connectivity index (χ1n) is 7.22. The maximum Gasteiger partial charge on any atom is 0.407 e. The monoisotopic (exact) mass is 324 g/mol. The highest BCUT2D eigenvalue weighted by molar-refractivity contribution is 5.81. The Morgan fingerprint density at radius 3 is 3.00 bits per heavy atom. The molecule has 0 unspecified atom stereocenters. The topological polar surface area (TPSA) is 148 Å². The van der Waals surface area contributed by atoms with E-state index in [-0.39, 0.29) is 13.2 Å². The van der Waals surface area contributed by atoms with Crippen LogP contribution in [0.5, 0.6) is 0 Å². The van der Waals surface area contributed by atoms with E-state index in [1.165, 1.54) is 6.33 Å². The van der Waals surface area contributed by atoms with Crippen LogP contribution in [0.3, 0.4) is 0 Å². The summed E-state index contributed by atoms with van der Waals surface area (Å²) in [6, 6.07) is 0. The molecule has 0 aliphatic rings. The molecule has 1 amide bonds. The van der Waals surface area contributed by atoms with E-state index in [1.807, 2.05) is 4.57 Å². The number of carbonyl (C=O) groups is 1. The number of hydrogen-bond acceptors (Lipinski definition) is 8. The fraction of sp³-hybridized carbons (Fsp3) is 0.538. The normalized spacial score (nSPS) is 12.3. The lowest BCUT2D eigenvalue weighted by Gasteiger charge is -2.09. The number of rotatable bonds is 8. The molecule has 2 aromatic heterocycles. The minimum Gasteiger partial charge on any atom is -0.450 e. The van der Waals surface area contributed by atoms with Crippen molar-refractivity contribution >= 4 is 23.1 Å². The number of unbranched alkanes of at least 4 members (excludes halogenated alkanes) is 1. The van der Waals surface area contributed by atoms with Crippen molar-refractivity contribution in [2.45, 2.75) is 25.5 Å². The number of imidazole rings is 1. The van der Waals surface area contributed by atoms with E-state index in [9.17, 15) is 4.79 Å². The van der Waals surface area contributed by atoms with Crippen molar-refractivity contribution in [2.24, 2.45) is 0 Å². The van der Waals surface area contributed by atoms with Crippen molar-refractivity contribution in [3.8, 4) is 0 Å². The van der Waals surface area contributed by atoms with Gasteiger partial charge in [0.15, 0.2) is 11.5 Å². The molecule has 23 heavy (non-hydrogen) atoms. The van der Waals surface area contributed by atoms with Crippen LogP contribution in [-0.2, 0) is 11.3 Å². The molecule has 10 nitrogen and oxygen atoms in total. The van der Waals surface area contributed by atoms with Crippen molar-refractivity contribution in [2.75, 3.05) is 25.5 Å². The predicted molar refractivity (Wildman–Crippen MR) is 81.4 cm³/mol. The summed E-state index contributed by atoms with van der Waals surface area (Å²) in [5.74, 6) is 0.346. The van der Waals surface area contributed by atoms with Crippen molar-refractivity contribution in [3.63, 3.8) is 0 Å². The molecule has 2 heterocycles. The van der Waals surface area contributed by atoms with Gasteiger partial charge in [0.25, 0.3) is 0 Å². The summed E-state index contributed by atoms with van der Waals surface area (Å²) in [6.45, 7) is 0.469. The first kappa shape index (κ1) is 16.9. The Balaban J connectivity index is 1.67. The number of nitrogen functional groups attached to an aromatic ring is 1. The molecule has 0 radical (unpaired) electrons. The van der Waals surface area contributed by atoms with E-state index >= 15 is 0 Å². The number of aromatic nitrogens is 4. The minimum atomic E-state index is -0.980. The Morgan fingerprint density at radius 1 is 1.39 bits per heavy atom. The Kier molecular flexibility index (Phi) is 6.06. The Morgan fingerprint density at radius 2 is 2.22 bits per heavy atom. The third kappa shape index (κ3) is 4.76. The van der Waals surface area contributed by atoms with Gasteiger partial charge in [-0.05, 0) is 12.8 Å². The Bertz CT molecular complexity index is 646. The van der Waals surface area contributed by atoms with Crippen LogP contribution < -0.4 is 11.1 Å². The second-order valence-electron chi connectivity index (χ2n) is 4.93. The van der Waals surface area contributed by atoms with Gasteiger partial charge in [-0.15, -0.1) is 0 Å². The standard InChI is InChI=1S/C13H20N6O4/c14-11-10-12(17-7-16-11)19(8-18-10)3-1-2-4-23-13(22)15-5-9(21)6-20/h7-9,20-21H,1-6H2,(H,15,22)(H2,14,16,17)/t9-/m0/s1. The van der Waals surface area contributed by atoms with Crippen molar-refractivity contribution < 1.29 is 19.7 Å². The van der Waals surface area contributed by atoms with Crippen LogP contribution >= 0.6 is 0 Å². The number of alkyl carbamates (subject to hydrolysis) is 1. The first-order chi connectivity index (χ1) is 11.1. The summed E-state index contributed by atoms with van der Waals surface area (Å²) in [4.78, 5) is 23.5. The first-order valence-corrected chi connectivity index (χ1v) is 7.22. The highest BCUT2D eigenvalue weighted by Gasteiger charge is 2.08. The maximum atomic E-state index is 11.3. The van der Waals surface area contributed by atoms with E-state index in [1.54, 1.807) is 6.33 Å². The molecule has 0 aromatic carbocycles. The van der Waals surface area contributed by atoms with E-state index in [4.69, 9.17) is 20.7 Å². The zero-order valence-electron chi connectivity index (χ0n) is 12.6. The minimum absolute atomic E-state index is 0.0442. The van der Waals surface area contributed by atoms with Gasteiger partial charge < -0.3 is 30.6 Å². The summed E-state index contributed by atoms with van der Waals surface area (Å²) in [5, 5.41) is 20.0. The van der Waals surface area contributed by atoms with Crippen LogP contribution in [0.4, 0.5) is 10.6 Å². The van der Waals surface area contributed by atoms with Gasteiger partial charge in [0, 0.05) is 13.1 Å². The maximum absolute atomic E-state index is 11.3. The molecule has 0 bridgehead atoms.